The van der Waals surface area contributed by atoms with Crippen molar-refractivity contribution in [3.05, 3.63) is 30.1 Å². The van der Waals surface area contributed by atoms with Crippen molar-refractivity contribution in [2.24, 2.45) is 5.92 Å². The van der Waals surface area contributed by atoms with E-state index in [2.05, 4.69) is 43.5 Å². The number of fused-ring (bicyclic) bond motifs is 1. The van der Waals surface area contributed by atoms with Gasteiger partial charge >= 0.3 is 0 Å². The van der Waals surface area contributed by atoms with Crippen LogP contribution in [0.15, 0.2) is 24.4 Å². The maximum Gasteiger partial charge on any atom is 0.138 e. The maximum absolute atomic E-state index is 5.15. The van der Waals surface area contributed by atoms with E-state index in [-0.39, 0.29) is 0 Å². The summed E-state index contributed by atoms with van der Waals surface area (Å²) in [6, 6.07) is 7.93. The molecule has 0 amide bonds. The van der Waals surface area contributed by atoms with Gasteiger partial charge in [-0.15, -0.1) is 0 Å². The summed E-state index contributed by atoms with van der Waals surface area (Å²) in [5.41, 5.74) is 2.41. The van der Waals surface area contributed by atoms with E-state index in [1.807, 2.05) is 0 Å². The first-order valence-corrected chi connectivity index (χ1v) is 11.6. The van der Waals surface area contributed by atoms with Crippen LogP contribution in [0.2, 0.25) is 0 Å². The fourth-order valence-corrected chi connectivity index (χ4v) is 5.44. The van der Waals surface area contributed by atoms with Crippen molar-refractivity contribution in [1.29, 1.82) is 0 Å². The van der Waals surface area contributed by atoms with Crippen molar-refractivity contribution in [3.63, 3.8) is 0 Å². The van der Waals surface area contributed by atoms with Gasteiger partial charge in [-0.25, -0.2) is 4.98 Å². The second-order valence-electron chi connectivity index (χ2n) is 9.51. The zero-order valence-corrected chi connectivity index (χ0v) is 17.0. The lowest BCUT2D eigenvalue weighted by Gasteiger charge is -2.46. The average Bonchev–Trinajstić information content (AvgIpc) is 3.16. The van der Waals surface area contributed by atoms with Gasteiger partial charge in [0.05, 0.1) is 11.7 Å². The molecule has 1 atom stereocenters. The summed E-state index contributed by atoms with van der Waals surface area (Å²) in [5.74, 6) is 2.27. The minimum Gasteiger partial charge on any atom is -0.358 e. The molecule has 2 aliphatic heterocycles. The Kier molecular flexibility index (Phi) is 4.34. The highest BCUT2D eigenvalue weighted by Crippen LogP contribution is 2.36. The highest BCUT2D eigenvalue weighted by Gasteiger charge is 2.37. The Morgan fingerprint density at radius 2 is 1.79 bits per heavy atom. The number of imidazole rings is 1. The van der Waals surface area contributed by atoms with Crippen molar-refractivity contribution in [1.82, 2.24) is 19.2 Å². The third kappa shape index (κ3) is 3.13. The third-order valence-electron chi connectivity index (χ3n) is 7.56. The number of aromatic nitrogens is 2. The number of nitrogens with zero attached hydrogens (tertiary/aromatic N) is 5. The van der Waals surface area contributed by atoms with Crippen LogP contribution in [-0.4, -0.2) is 64.5 Å². The first-order valence-electron chi connectivity index (χ1n) is 11.6. The van der Waals surface area contributed by atoms with E-state index < -0.39 is 0 Å². The molecule has 4 heterocycles. The number of rotatable bonds is 5. The molecule has 0 spiro atoms. The van der Waals surface area contributed by atoms with Gasteiger partial charge in [0.2, 0.25) is 0 Å². The van der Waals surface area contributed by atoms with Gasteiger partial charge < -0.3 is 4.90 Å². The molecular weight excluding hydrogens is 346 g/mol. The Balaban J connectivity index is 1.32. The van der Waals surface area contributed by atoms with Crippen LogP contribution in [0.3, 0.4) is 0 Å². The smallest absolute Gasteiger partial charge is 0.138 e. The van der Waals surface area contributed by atoms with Crippen LogP contribution < -0.4 is 4.90 Å². The lowest BCUT2D eigenvalue weighted by atomic mass is 9.90. The van der Waals surface area contributed by atoms with Crippen LogP contribution in [0, 0.1) is 5.92 Å². The van der Waals surface area contributed by atoms with Gasteiger partial charge in [0.1, 0.15) is 11.5 Å². The largest absolute Gasteiger partial charge is 0.358 e. The summed E-state index contributed by atoms with van der Waals surface area (Å²) < 4.78 is 2.36. The van der Waals surface area contributed by atoms with Gasteiger partial charge in [-0.3, -0.25) is 14.2 Å². The lowest BCUT2D eigenvalue weighted by Crippen LogP contribution is -2.53. The normalized spacial score (nSPS) is 27.6. The zero-order valence-electron chi connectivity index (χ0n) is 17.0. The van der Waals surface area contributed by atoms with Crippen molar-refractivity contribution >= 4 is 11.5 Å². The number of hydrogen-bond donors (Lipinski definition) is 0. The third-order valence-corrected chi connectivity index (χ3v) is 7.56. The van der Waals surface area contributed by atoms with Crippen LogP contribution in [0.1, 0.15) is 56.7 Å². The molecule has 0 bridgehead atoms. The molecule has 5 heteroatoms. The molecule has 0 N–H and O–H groups in total. The maximum atomic E-state index is 5.15. The highest BCUT2D eigenvalue weighted by molar-refractivity contribution is 5.53. The summed E-state index contributed by atoms with van der Waals surface area (Å²) in [5, 5.41) is 0. The highest BCUT2D eigenvalue weighted by atomic mass is 15.3. The summed E-state index contributed by atoms with van der Waals surface area (Å²) in [6.07, 6.45) is 12.1. The Hall–Kier alpha value is -1.59. The fourth-order valence-electron chi connectivity index (χ4n) is 5.44. The Morgan fingerprint density at radius 3 is 2.54 bits per heavy atom. The molecule has 6 rings (SSSR count). The van der Waals surface area contributed by atoms with Crippen molar-refractivity contribution < 1.29 is 0 Å². The molecular formula is C23H33N5. The van der Waals surface area contributed by atoms with Crippen LogP contribution in [0.4, 0.5) is 5.82 Å². The SMILES string of the molecule is c1cc(N2CCCC2)n2cc([C@@H]3CN(C4CCC4)CCN3CC3CC3)nc2c1. The van der Waals surface area contributed by atoms with Gasteiger partial charge in [-0.05, 0) is 56.6 Å². The molecule has 4 aliphatic rings. The zero-order chi connectivity index (χ0) is 18.5. The van der Waals surface area contributed by atoms with Gasteiger partial charge in [-0.1, -0.05) is 12.5 Å². The van der Waals surface area contributed by atoms with Crippen molar-refractivity contribution in [3.8, 4) is 0 Å². The standard InChI is InChI=1S/C23H33N5/c1-2-12-25(11-1)23-8-4-7-22-24-20(16-28(22)23)21-17-26(19-5-3-6-19)13-14-27(21)15-18-9-10-18/h4,7-8,16,18-19,21H,1-3,5-6,9-15,17H2/t21-/m0/s1. The number of anilines is 1. The van der Waals surface area contributed by atoms with Crippen LogP contribution in [0.5, 0.6) is 0 Å². The van der Waals surface area contributed by atoms with E-state index in [0.29, 0.717) is 6.04 Å². The number of pyridine rings is 1. The Morgan fingerprint density at radius 1 is 0.929 bits per heavy atom. The van der Waals surface area contributed by atoms with Gasteiger partial charge in [0.15, 0.2) is 0 Å². The molecule has 0 aromatic carbocycles. The van der Waals surface area contributed by atoms with Gasteiger partial charge in [0, 0.05) is 51.5 Å². The first-order chi connectivity index (χ1) is 13.8. The van der Waals surface area contributed by atoms with E-state index in [4.69, 9.17) is 4.98 Å². The quantitative estimate of drug-likeness (QED) is 0.794. The van der Waals surface area contributed by atoms with Crippen LogP contribution >= 0.6 is 0 Å². The predicted octanol–water partition coefficient (Wildman–Crippen LogP) is 3.56. The molecule has 2 saturated carbocycles. The minimum atomic E-state index is 0.460. The van der Waals surface area contributed by atoms with E-state index >= 15 is 0 Å². The molecule has 0 unspecified atom stereocenters. The molecule has 4 fully saturated rings. The van der Waals surface area contributed by atoms with Crippen molar-refractivity contribution in [2.45, 2.75) is 57.0 Å². The lowest BCUT2D eigenvalue weighted by molar-refractivity contribution is 0.0194. The second-order valence-corrected chi connectivity index (χ2v) is 9.51. The molecule has 0 radical (unpaired) electrons. The van der Waals surface area contributed by atoms with Crippen LogP contribution in [-0.2, 0) is 0 Å². The van der Waals surface area contributed by atoms with E-state index in [1.165, 1.54) is 95.7 Å². The number of hydrogen-bond acceptors (Lipinski definition) is 4. The number of piperazine rings is 1. The van der Waals surface area contributed by atoms with Crippen LogP contribution in [0.25, 0.3) is 5.65 Å². The topological polar surface area (TPSA) is 27.0 Å². The van der Waals surface area contributed by atoms with Crippen molar-refractivity contribution in [2.75, 3.05) is 44.2 Å². The fraction of sp³-hybridized carbons (Fsp3) is 0.696. The van der Waals surface area contributed by atoms with Gasteiger partial charge in [0.25, 0.3) is 0 Å². The summed E-state index contributed by atoms with van der Waals surface area (Å²) >= 11 is 0. The second kappa shape index (κ2) is 7.03. The Labute approximate surface area is 168 Å². The van der Waals surface area contributed by atoms with E-state index in [9.17, 15) is 0 Å². The van der Waals surface area contributed by atoms with E-state index in [1.54, 1.807) is 0 Å². The van der Waals surface area contributed by atoms with Gasteiger partial charge in [-0.2, -0.15) is 0 Å². The molecule has 2 aromatic rings. The molecule has 2 aromatic heterocycles. The summed E-state index contributed by atoms with van der Waals surface area (Å²) in [4.78, 5) is 13.2. The molecule has 2 aliphatic carbocycles. The molecule has 2 saturated heterocycles. The molecule has 150 valence electrons. The monoisotopic (exact) mass is 379 g/mol. The summed E-state index contributed by atoms with van der Waals surface area (Å²) in [7, 11) is 0. The predicted molar refractivity (Wildman–Crippen MR) is 113 cm³/mol. The summed E-state index contributed by atoms with van der Waals surface area (Å²) in [6.45, 7) is 7.26. The van der Waals surface area contributed by atoms with E-state index in [0.717, 1.165) is 17.6 Å². The molecule has 28 heavy (non-hydrogen) atoms. The average molecular weight is 380 g/mol. The first kappa shape index (κ1) is 17.3. The molecule has 5 nitrogen and oxygen atoms in total. The minimum absolute atomic E-state index is 0.460. The Bertz CT molecular complexity index is 831.